The van der Waals surface area contributed by atoms with Gasteiger partial charge in [-0.25, -0.2) is 0 Å². The number of pyridine rings is 1. The molecule has 1 N–H and O–H groups in total. The molecule has 1 aliphatic heterocycles. The monoisotopic (exact) mass is 349 g/mol. The predicted molar refractivity (Wildman–Crippen MR) is 102 cm³/mol. The Morgan fingerprint density at radius 2 is 1.88 bits per heavy atom. The highest BCUT2D eigenvalue weighted by Crippen LogP contribution is 2.14. The lowest BCUT2D eigenvalue weighted by Gasteiger charge is -2.32. The number of amides is 2. The first-order valence-corrected chi connectivity index (χ1v) is 8.86. The molecular formula is C21H23N3O2. The number of aryl methyl sites for hydroxylation is 1. The number of piperidine rings is 1. The third kappa shape index (κ3) is 4.79. The van der Waals surface area contributed by atoms with Gasteiger partial charge in [0.2, 0.25) is 5.91 Å². The van der Waals surface area contributed by atoms with Crippen molar-refractivity contribution in [3.8, 4) is 0 Å². The Morgan fingerprint density at radius 1 is 1.15 bits per heavy atom. The predicted octanol–water partition coefficient (Wildman–Crippen LogP) is 2.82. The molecule has 1 fully saturated rings. The number of hydrogen-bond acceptors (Lipinski definition) is 3. The van der Waals surface area contributed by atoms with Crippen molar-refractivity contribution in [1.29, 1.82) is 0 Å². The van der Waals surface area contributed by atoms with Crippen LogP contribution < -0.4 is 5.32 Å². The molecule has 0 bridgehead atoms. The van der Waals surface area contributed by atoms with Crippen LogP contribution in [0.25, 0.3) is 6.08 Å². The van der Waals surface area contributed by atoms with Crippen LogP contribution in [0.15, 0.2) is 54.9 Å². The van der Waals surface area contributed by atoms with Crippen molar-refractivity contribution in [3.05, 3.63) is 71.6 Å². The molecule has 5 nitrogen and oxygen atoms in total. The van der Waals surface area contributed by atoms with Gasteiger partial charge in [-0.1, -0.05) is 29.8 Å². The van der Waals surface area contributed by atoms with Crippen molar-refractivity contribution in [2.45, 2.75) is 25.8 Å². The van der Waals surface area contributed by atoms with Crippen LogP contribution in [0.4, 0.5) is 0 Å². The summed E-state index contributed by atoms with van der Waals surface area (Å²) in [6.45, 7) is 3.31. The zero-order valence-electron chi connectivity index (χ0n) is 14.9. The normalized spacial score (nSPS) is 15.2. The highest BCUT2D eigenvalue weighted by atomic mass is 16.2. The van der Waals surface area contributed by atoms with E-state index < -0.39 is 0 Å². The summed E-state index contributed by atoms with van der Waals surface area (Å²) >= 11 is 0. The number of nitrogens with zero attached hydrogens (tertiary/aromatic N) is 2. The summed E-state index contributed by atoms with van der Waals surface area (Å²) in [5.74, 6) is -0.0928. The summed E-state index contributed by atoms with van der Waals surface area (Å²) in [5, 5.41) is 3.02. The topological polar surface area (TPSA) is 62.3 Å². The van der Waals surface area contributed by atoms with Crippen LogP contribution in [0.2, 0.25) is 0 Å². The molecule has 0 unspecified atom stereocenters. The van der Waals surface area contributed by atoms with Gasteiger partial charge in [-0.2, -0.15) is 0 Å². The maximum absolute atomic E-state index is 12.4. The first-order valence-electron chi connectivity index (χ1n) is 8.86. The first kappa shape index (κ1) is 17.9. The zero-order chi connectivity index (χ0) is 18.4. The summed E-state index contributed by atoms with van der Waals surface area (Å²) < 4.78 is 0. The van der Waals surface area contributed by atoms with E-state index in [1.54, 1.807) is 30.6 Å². The van der Waals surface area contributed by atoms with Gasteiger partial charge in [-0.05, 0) is 43.5 Å². The number of aromatic nitrogens is 1. The SMILES string of the molecule is Cc1ccc(/C=C/C(=O)NC2CCN(C(=O)c3cccnc3)CC2)cc1. The lowest BCUT2D eigenvalue weighted by Crippen LogP contribution is -2.46. The molecule has 1 aromatic heterocycles. The summed E-state index contributed by atoms with van der Waals surface area (Å²) in [5.41, 5.74) is 2.80. The van der Waals surface area contributed by atoms with Crippen molar-refractivity contribution in [1.82, 2.24) is 15.2 Å². The van der Waals surface area contributed by atoms with Gasteiger partial charge in [-0.3, -0.25) is 14.6 Å². The Hall–Kier alpha value is -2.95. The van der Waals surface area contributed by atoms with E-state index in [1.807, 2.05) is 42.2 Å². The maximum Gasteiger partial charge on any atom is 0.255 e. The van der Waals surface area contributed by atoms with Gasteiger partial charge < -0.3 is 10.2 Å². The summed E-state index contributed by atoms with van der Waals surface area (Å²) in [6, 6.07) is 11.7. The Morgan fingerprint density at radius 3 is 2.54 bits per heavy atom. The molecule has 5 heteroatoms. The molecule has 0 radical (unpaired) electrons. The van der Waals surface area contributed by atoms with E-state index in [4.69, 9.17) is 0 Å². The van der Waals surface area contributed by atoms with Gasteiger partial charge in [0, 0.05) is 37.6 Å². The van der Waals surface area contributed by atoms with Crippen LogP contribution in [-0.4, -0.2) is 40.8 Å². The first-order chi connectivity index (χ1) is 12.6. The summed E-state index contributed by atoms with van der Waals surface area (Å²) in [6.07, 6.45) is 8.15. The number of likely N-dealkylation sites (tertiary alicyclic amines) is 1. The number of hydrogen-bond donors (Lipinski definition) is 1. The summed E-state index contributed by atoms with van der Waals surface area (Å²) in [4.78, 5) is 30.3. The molecule has 0 atom stereocenters. The van der Waals surface area contributed by atoms with Crippen molar-refractivity contribution in [2.75, 3.05) is 13.1 Å². The summed E-state index contributed by atoms with van der Waals surface area (Å²) in [7, 11) is 0. The van der Waals surface area contributed by atoms with Crippen molar-refractivity contribution >= 4 is 17.9 Å². The molecule has 1 saturated heterocycles. The van der Waals surface area contributed by atoms with Gasteiger partial charge in [0.1, 0.15) is 0 Å². The molecule has 134 valence electrons. The molecular weight excluding hydrogens is 326 g/mol. The minimum absolute atomic E-state index is 0.00198. The second kappa shape index (κ2) is 8.43. The van der Waals surface area contributed by atoms with E-state index >= 15 is 0 Å². The number of nitrogens with one attached hydrogen (secondary N) is 1. The van der Waals surface area contributed by atoms with Crippen LogP contribution in [0, 0.1) is 6.92 Å². The smallest absolute Gasteiger partial charge is 0.255 e. The van der Waals surface area contributed by atoms with E-state index in [2.05, 4.69) is 10.3 Å². The molecule has 1 aliphatic rings. The van der Waals surface area contributed by atoms with Crippen LogP contribution in [0.5, 0.6) is 0 Å². The van der Waals surface area contributed by atoms with Gasteiger partial charge >= 0.3 is 0 Å². The van der Waals surface area contributed by atoms with Gasteiger partial charge in [0.15, 0.2) is 0 Å². The molecule has 2 aromatic rings. The molecule has 0 aliphatic carbocycles. The fourth-order valence-electron chi connectivity index (χ4n) is 3.00. The minimum Gasteiger partial charge on any atom is -0.350 e. The lowest BCUT2D eigenvalue weighted by molar-refractivity contribution is -0.117. The lowest BCUT2D eigenvalue weighted by atomic mass is 10.0. The van der Waals surface area contributed by atoms with Crippen molar-refractivity contribution in [2.24, 2.45) is 0 Å². The molecule has 2 heterocycles. The molecule has 2 amide bonds. The average Bonchev–Trinajstić information content (AvgIpc) is 2.68. The molecule has 26 heavy (non-hydrogen) atoms. The van der Waals surface area contributed by atoms with E-state index in [0.717, 1.165) is 18.4 Å². The largest absolute Gasteiger partial charge is 0.350 e. The van der Waals surface area contributed by atoms with Crippen LogP contribution >= 0.6 is 0 Å². The zero-order valence-corrected chi connectivity index (χ0v) is 14.9. The highest BCUT2D eigenvalue weighted by Gasteiger charge is 2.24. The van der Waals surface area contributed by atoms with Crippen LogP contribution in [0.3, 0.4) is 0 Å². The van der Waals surface area contributed by atoms with Crippen molar-refractivity contribution in [3.63, 3.8) is 0 Å². The third-order valence-corrected chi connectivity index (χ3v) is 4.54. The standard InChI is InChI=1S/C21H23N3O2/c1-16-4-6-17(7-5-16)8-9-20(25)23-19-10-13-24(14-11-19)21(26)18-3-2-12-22-15-18/h2-9,12,15,19H,10-11,13-14H2,1H3,(H,23,25)/b9-8+. The maximum atomic E-state index is 12.4. The second-order valence-electron chi connectivity index (χ2n) is 6.56. The van der Waals surface area contributed by atoms with Crippen LogP contribution in [0.1, 0.15) is 34.3 Å². The molecule has 3 rings (SSSR count). The fraction of sp³-hybridized carbons (Fsp3) is 0.286. The van der Waals surface area contributed by atoms with Gasteiger partial charge in [-0.15, -0.1) is 0 Å². The number of carbonyl (C=O) groups excluding carboxylic acids is 2. The highest BCUT2D eigenvalue weighted by molar-refractivity contribution is 5.94. The Kier molecular flexibility index (Phi) is 5.79. The fourth-order valence-corrected chi connectivity index (χ4v) is 3.00. The molecule has 1 aromatic carbocycles. The van der Waals surface area contributed by atoms with E-state index in [-0.39, 0.29) is 17.9 Å². The number of carbonyl (C=O) groups is 2. The Bertz CT molecular complexity index is 777. The van der Waals surface area contributed by atoms with E-state index in [1.165, 1.54) is 5.56 Å². The van der Waals surface area contributed by atoms with E-state index in [0.29, 0.717) is 18.7 Å². The molecule has 0 spiro atoms. The van der Waals surface area contributed by atoms with Crippen LogP contribution in [-0.2, 0) is 4.79 Å². The van der Waals surface area contributed by atoms with Gasteiger partial charge in [0.05, 0.1) is 5.56 Å². The third-order valence-electron chi connectivity index (χ3n) is 4.54. The number of rotatable bonds is 4. The number of benzene rings is 1. The second-order valence-corrected chi connectivity index (χ2v) is 6.56. The van der Waals surface area contributed by atoms with Crippen molar-refractivity contribution < 1.29 is 9.59 Å². The Balaban J connectivity index is 1.47. The van der Waals surface area contributed by atoms with E-state index in [9.17, 15) is 9.59 Å². The molecule has 0 saturated carbocycles. The van der Waals surface area contributed by atoms with Gasteiger partial charge in [0.25, 0.3) is 5.91 Å². The minimum atomic E-state index is -0.0948. The Labute approximate surface area is 153 Å². The average molecular weight is 349 g/mol. The quantitative estimate of drug-likeness (QED) is 0.864.